The smallest absolute Gasteiger partial charge is 0.361 e. The Hall–Kier alpha value is -2.51. The highest BCUT2D eigenvalue weighted by Crippen LogP contribution is 2.32. The molecule has 0 fully saturated rings. The van der Waals surface area contributed by atoms with Crippen LogP contribution in [0.1, 0.15) is 10.4 Å². The van der Waals surface area contributed by atoms with Gasteiger partial charge in [0.25, 0.3) is 0 Å². The van der Waals surface area contributed by atoms with Crippen LogP contribution in [0.25, 0.3) is 0 Å². The van der Waals surface area contributed by atoms with Gasteiger partial charge in [0.1, 0.15) is 17.1 Å². The average Bonchev–Trinajstić information content (AvgIpc) is 2.54. The number of ether oxygens (including phenoxy) is 3. The van der Waals surface area contributed by atoms with Gasteiger partial charge in [0.2, 0.25) is 11.8 Å². The van der Waals surface area contributed by atoms with E-state index in [1.165, 1.54) is 32.4 Å². The molecule has 0 spiro atoms. The van der Waals surface area contributed by atoms with E-state index in [-0.39, 0.29) is 22.2 Å². The highest BCUT2D eigenvalue weighted by Gasteiger charge is 2.19. The molecule has 22 heavy (non-hydrogen) atoms. The molecule has 116 valence electrons. The van der Waals surface area contributed by atoms with Crippen LogP contribution >= 0.6 is 11.6 Å². The molecule has 2 aromatic rings. The molecule has 7 nitrogen and oxygen atoms in total. The number of aromatic nitrogens is 1. The van der Waals surface area contributed by atoms with Gasteiger partial charge in [-0.3, -0.25) is 0 Å². The lowest BCUT2D eigenvalue weighted by molar-refractivity contribution is 0.0500. The molecule has 0 radical (unpaired) electrons. The topological polar surface area (TPSA) is 92.9 Å². The monoisotopic (exact) mass is 324 g/mol. The van der Waals surface area contributed by atoms with Crippen LogP contribution in [0.5, 0.6) is 23.3 Å². The van der Waals surface area contributed by atoms with Gasteiger partial charge in [-0.2, -0.15) is 10.9 Å². The molecule has 1 aromatic carbocycles. The highest BCUT2D eigenvalue weighted by atomic mass is 35.5. The molecule has 2 rings (SSSR count). The van der Waals surface area contributed by atoms with Crippen LogP contribution < -0.4 is 20.1 Å². The quantitative estimate of drug-likeness (QED) is 0.845. The Morgan fingerprint density at radius 2 is 1.91 bits per heavy atom. The molecule has 0 aliphatic rings. The van der Waals surface area contributed by atoms with Crippen LogP contribution in [0, 0.1) is 0 Å². The lowest BCUT2D eigenvalue weighted by Gasteiger charge is -2.11. The fraction of sp³-hybridized carbons (Fsp3) is 0.143. The van der Waals surface area contributed by atoms with Crippen molar-refractivity contribution in [2.75, 3.05) is 14.2 Å². The van der Waals surface area contributed by atoms with Crippen LogP contribution in [-0.4, -0.2) is 25.2 Å². The number of pyridine rings is 1. The number of carbonyl (C=O) groups is 1. The van der Waals surface area contributed by atoms with Crippen molar-refractivity contribution in [2.24, 2.45) is 5.90 Å². The highest BCUT2D eigenvalue weighted by molar-refractivity contribution is 6.34. The summed E-state index contributed by atoms with van der Waals surface area (Å²) in [6.45, 7) is 0. The average molecular weight is 325 g/mol. The molecular formula is C14H13ClN2O5. The van der Waals surface area contributed by atoms with Crippen LogP contribution in [0.2, 0.25) is 5.02 Å². The molecule has 0 amide bonds. The van der Waals surface area contributed by atoms with Crippen LogP contribution in [0.3, 0.4) is 0 Å². The van der Waals surface area contributed by atoms with Crippen molar-refractivity contribution in [3.05, 3.63) is 40.9 Å². The first-order chi connectivity index (χ1) is 10.6. The number of carbonyl (C=O) groups excluding carboxylic acids is 1. The Balaban J connectivity index is 2.43. The minimum absolute atomic E-state index is 0.00439. The SMILES string of the molecule is COc1cc(OC)nc(Oc2cccc(Cl)c2C(=O)ON)c1. The summed E-state index contributed by atoms with van der Waals surface area (Å²) >= 11 is 5.98. The van der Waals surface area contributed by atoms with Crippen molar-refractivity contribution in [3.63, 3.8) is 0 Å². The van der Waals surface area contributed by atoms with E-state index < -0.39 is 5.97 Å². The zero-order valence-electron chi connectivity index (χ0n) is 11.8. The van der Waals surface area contributed by atoms with Gasteiger partial charge < -0.3 is 19.0 Å². The fourth-order valence-electron chi connectivity index (χ4n) is 1.69. The van der Waals surface area contributed by atoms with Crippen molar-refractivity contribution in [1.82, 2.24) is 4.98 Å². The summed E-state index contributed by atoms with van der Waals surface area (Å²) in [5.41, 5.74) is -0.00439. The number of hydrogen-bond donors (Lipinski definition) is 1. The predicted octanol–water partition coefficient (Wildman–Crippen LogP) is 2.58. The van der Waals surface area contributed by atoms with E-state index in [0.717, 1.165) is 0 Å². The molecule has 0 bridgehead atoms. The minimum Gasteiger partial charge on any atom is -0.496 e. The molecular weight excluding hydrogens is 312 g/mol. The van der Waals surface area contributed by atoms with Crippen LogP contribution in [0.15, 0.2) is 30.3 Å². The molecule has 0 aliphatic heterocycles. The molecule has 0 unspecified atom stereocenters. The third-order valence-electron chi connectivity index (χ3n) is 2.70. The number of nitrogens with two attached hydrogens (primary N) is 1. The Bertz CT molecular complexity index is 671. The van der Waals surface area contributed by atoms with Gasteiger partial charge in [0.15, 0.2) is 0 Å². The lowest BCUT2D eigenvalue weighted by Crippen LogP contribution is -2.12. The maximum atomic E-state index is 11.7. The fourth-order valence-corrected chi connectivity index (χ4v) is 1.94. The zero-order valence-corrected chi connectivity index (χ0v) is 12.6. The van der Waals surface area contributed by atoms with Gasteiger partial charge in [-0.1, -0.05) is 17.7 Å². The van der Waals surface area contributed by atoms with E-state index in [2.05, 4.69) is 9.82 Å². The van der Waals surface area contributed by atoms with E-state index in [1.807, 2.05) is 0 Å². The van der Waals surface area contributed by atoms with Crippen molar-refractivity contribution in [2.45, 2.75) is 0 Å². The summed E-state index contributed by atoms with van der Waals surface area (Å²) in [7, 11) is 2.96. The van der Waals surface area contributed by atoms with Gasteiger partial charge in [0, 0.05) is 12.1 Å². The number of benzene rings is 1. The summed E-state index contributed by atoms with van der Waals surface area (Å²) in [5.74, 6) is 5.15. The summed E-state index contributed by atoms with van der Waals surface area (Å²) < 4.78 is 15.8. The third-order valence-corrected chi connectivity index (χ3v) is 3.01. The van der Waals surface area contributed by atoms with E-state index in [4.69, 9.17) is 31.7 Å². The molecule has 0 atom stereocenters. The number of rotatable bonds is 5. The standard InChI is InChI=1S/C14H13ClN2O5/c1-19-8-6-11(20-2)17-12(7-8)21-10-5-3-4-9(15)13(10)14(18)22-16/h3-7H,16H2,1-2H3. The first kappa shape index (κ1) is 15.9. The van der Waals surface area contributed by atoms with E-state index in [1.54, 1.807) is 12.1 Å². The van der Waals surface area contributed by atoms with Crippen LogP contribution in [0.4, 0.5) is 0 Å². The van der Waals surface area contributed by atoms with Gasteiger partial charge in [-0.05, 0) is 12.1 Å². The number of methoxy groups -OCH3 is 2. The number of nitrogens with zero attached hydrogens (tertiary/aromatic N) is 1. The molecule has 0 saturated carbocycles. The third kappa shape index (κ3) is 3.38. The normalized spacial score (nSPS) is 10.0. The second-order valence-corrected chi connectivity index (χ2v) is 4.42. The molecule has 1 heterocycles. The first-order valence-corrected chi connectivity index (χ1v) is 6.44. The van der Waals surface area contributed by atoms with Gasteiger partial charge >= 0.3 is 5.97 Å². The Morgan fingerprint density at radius 3 is 2.55 bits per heavy atom. The lowest BCUT2D eigenvalue weighted by atomic mass is 10.2. The van der Waals surface area contributed by atoms with Gasteiger partial charge in [0.05, 0.1) is 19.2 Å². The maximum Gasteiger partial charge on any atom is 0.361 e. The summed E-state index contributed by atoms with van der Waals surface area (Å²) in [5, 5.41) is 0.141. The molecule has 2 N–H and O–H groups in total. The van der Waals surface area contributed by atoms with Gasteiger partial charge in [-0.15, -0.1) is 0 Å². The molecule has 8 heteroatoms. The van der Waals surface area contributed by atoms with Gasteiger partial charge in [-0.25, -0.2) is 4.79 Å². The number of halogens is 1. The van der Waals surface area contributed by atoms with Crippen molar-refractivity contribution in [3.8, 4) is 23.3 Å². The second-order valence-electron chi connectivity index (χ2n) is 4.01. The molecule has 0 saturated heterocycles. The second kappa shape index (κ2) is 6.97. The zero-order chi connectivity index (χ0) is 16.1. The molecule has 0 aliphatic carbocycles. The van der Waals surface area contributed by atoms with Crippen molar-refractivity contribution < 1.29 is 23.8 Å². The predicted molar refractivity (Wildman–Crippen MR) is 78.5 cm³/mol. The largest absolute Gasteiger partial charge is 0.496 e. The van der Waals surface area contributed by atoms with Crippen LogP contribution in [-0.2, 0) is 4.84 Å². The molecule has 1 aromatic heterocycles. The Morgan fingerprint density at radius 1 is 1.18 bits per heavy atom. The van der Waals surface area contributed by atoms with Crippen molar-refractivity contribution >= 4 is 17.6 Å². The van der Waals surface area contributed by atoms with E-state index >= 15 is 0 Å². The minimum atomic E-state index is -0.824. The summed E-state index contributed by atoms with van der Waals surface area (Å²) in [6, 6.07) is 7.77. The van der Waals surface area contributed by atoms with E-state index in [0.29, 0.717) is 11.6 Å². The number of hydrogen-bond acceptors (Lipinski definition) is 7. The Kier molecular flexibility index (Phi) is 5.03. The van der Waals surface area contributed by atoms with Crippen molar-refractivity contribution in [1.29, 1.82) is 0 Å². The summed E-state index contributed by atoms with van der Waals surface area (Å²) in [4.78, 5) is 20.0. The van der Waals surface area contributed by atoms with E-state index in [9.17, 15) is 4.79 Å². The summed E-state index contributed by atoms with van der Waals surface area (Å²) in [6.07, 6.45) is 0. The maximum absolute atomic E-state index is 11.7. The first-order valence-electron chi connectivity index (χ1n) is 6.06. The Labute approximate surface area is 131 Å².